The van der Waals surface area contributed by atoms with Crippen molar-refractivity contribution in [2.24, 2.45) is 0 Å². The molecule has 0 atom stereocenters. The van der Waals surface area contributed by atoms with E-state index in [0.717, 1.165) is 10.0 Å². The first-order valence-corrected chi connectivity index (χ1v) is 11.2. The smallest absolute Gasteiger partial charge is 0.262 e. The Morgan fingerprint density at radius 1 is 1.07 bits per heavy atom. The molecular formula is C20H25BrN2O4S. The average Bonchev–Trinajstić information content (AvgIpc) is 2.60. The summed E-state index contributed by atoms with van der Waals surface area (Å²) in [4.78, 5) is 12.3. The monoisotopic (exact) mass is 468 g/mol. The van der Waals surface area contributed by atoms with Gasteiger partial charge in [-0.1, -0.05) is 29.8 Å². The lowest BCUT2D eigenvalue weighted by molar-refractivity contribution is -0.118. The maximum absolute atomic E-state index is 12.2. The molecular weight excluding hydrogens is 444 g/mol. The molecule has 0 heterocycles. The summed E-state index contributed by atoms with van der Waals surface area (Å²) in [5, 5.41) is 2.70. The summed E-state index contributed by atoms with van der Waals surface area (Å²) in [6.45, 7) is 7.47. The van der Waals surface area contributed by atoms with Gasteiger partial charge in [-0.2, -0.15) is 0 Å². The van der Waals surface area contributed by atoms with Crippen molar-refractivity contribution in [3.8, 4) is 5.75 Å². The maximum atomic E-state index is 12.2. The van der Waals surface area contributed by atoms with Crippen LogP contribution in [0.3, 0.4) is 0 Å². The molecule has 28 heavy (non-hydrogen) atoms. The largest absolute Gasteiger partial charge is 0.483 e. The van der Waals surface area contributed by atoms with Gasteiger partial charge in [-0.3, -0.25) is 4.79 Å². The number of sulfonamides is 1. The fraction of sp³-hybridized carbons (Fsp3) is 0.350. The van der Waals surface area contributed by atoms with E-state index in [4.69, 9.17) is 4.74 Å². The van der Waals surface area contributed by atoms with E-state index in [-0.39, 0.29) is 29.4 Å². The number of anilines is 1. The highest BCUT2D eigenvalue weighted by molar-refractivity contribution is 9.10. The van der Waals surface area contributed by atoms with E-state index in [2.05, 4.69) is 39.8 Å². The Kier molecular flexibility index (Phi) is 7.63. The molecule has 2 N–H and O–H groups in total. The first-order chi connectivity index (χ1) is 13.1. The van der Waals surface area contributed by atoms with Crippen LogP contribution in [-0.4, -0.2) is 27.0 Å². The second kappa shape index (κ2) is 9.54. The molecule has 0 spiro atoms. The molecule has 0 aliphatic heterocycles. The van der Waals surface area contributed by atoms with Gasteiger partial charge in [0.1, 0.15) is 5.75 Å². The van der Waals surface area contributed by atoms with Gasteiger partial charge in [-0.25, -0.2) is 13.1 Å². The van der Waals surface area contributed by atoms with Gasteiger partial charge >= 0.3 is 0 Å². The molecule has 8 heteroatoms. The van der Waals surface area contributed by atoms with Crippen molar-refractivity contribution in [3.63, 3.8) is 0 Å². The number of carbonyl (C=O) groups is 1. The normalized spacial score (nSPS) is 11.7. The van der Waals surface area contributed by atoms with E-state index in [0.29, 0.717) is 11.4 Å². The van der Waals surface area contributed by atoms with Crippen molar-refractivity contribution in [1.29, 1.82) is 0 Å². The first-order valence-electron chi connectivity index (χ1n) is 8.93. The molecule has 0 saturated heterocycles. The van der Waals surface area contributed by atoms with Crippen molar-refractivity contribution >= 4 is 37.5 Å². The molecule has 0 radical (unpaired) electrons. The summed E-state index contributed by atoms with van der Waals surface area (Å²) in [7, 11) is -3.56. The summed E-state index contributed by atoms with van der Waals surface area (Å²) < 4.78 is 33.4. The summed E-state index contributed by atoms with van der Waals surface area (Å²) in [5.74, 6) is 0.590. The molecule has 0 unspecified atom stereocenters. The predicted octanol–water partition coefficient (Wildman–Crippen LogP) is 4.28. The zero-order valence-corrected chi connectivity index (χ0v) is 18.7. The van der Waals surface area contributed by atoms with E-state index in [9.17, 15) is 13.2 Å². The van der Waals surface area contributed by atoms with Crippen LogP contribution >= 0.6 is 15.9 Å². The van der Waals surface area contributed by atoms with Crippen LogP contribution in [0.15, 0.2) is 51.8 Å². The van der Waals surface area contributed by atoms with Crippen molar-refractivity contribution in [2.75, 3.05) is 11.9 Å². The standard InChI is InChI=1S/C20H25BrN2O4S/c1-13(2)18-11-15(21)5-10-19(18)27-12-20(24)22-16-6-8-17(9-7-16)28(25,26)23-14(3)4/h5-11,13-14,23H,12H2,1-4H3,(H,22,24). The molecule has 6 nitrogen and oxygen atoms in total. The van der Waals surface area contributed by atoms with Crippen LogP contribution in [0.4, 0.5) is 5.69 Å². The molecule has 2 rings (SSSR count). The molecule has 0 saturated carbocycles. The summed E-state index contributed by atoms with van der Waals surface area (Å²) in [6.07, 6.45) is 0. The van der Waals surface area contributed by atoms with Crippen molar-refractivity contribution in [2.45, 2.75) is 44.6 Å². The van der Waals surface area contributed by atoms with Crippen LogP contribution < -0.4 is 14.8 Å². The van der Waals surface area contributed by atoms with Crippen molar-refractivity contribution in [3.05, 3.63) is 52.5 Å². The molecule has 0 fully saturated rings. The van der Waals surface area contributed by atoms with Gasteiger partial charge in [0.15, 0.2) is 6.61 Å². The molecule has 1 amide bonds. The fourth-order valence-electron chi connectivity index (χ4n) is 2.54. The minimum Gasteiger partial charge on any atom is -0.483 e. The van der Waals surface area contributed by atoms with Crippen molar-refractivity contribution < 1.29 is 17.9 Å². The van der Waals surface area contributed by atoms with Crippen LogP contribution in [0.5, 0.6) is 5.75 Å². The van der Waals surface area contributed by atoms with Gasteiger partial charge in [-0.15, -0.1) is 0 Å². The third-order valence-electron chi connectivity index (χ3n) is 3.79. The third-order valence-corrected chi connectivity index (χ3v) is 5.96. The number of halogens is 1. The zero-order chi connectivity index (χ0) is 20.9. The molecule has 0 aromatic heterocycles. The van der Waals surface area contributed by atoms with E-state index in [1.807, 2.05) is 18.2 Å². The molecule has 152 valence electrons. The van der Waals surface area contributed by atoms with Gasteiger partial charge in [0, 0.05) is 16.2 Å². The van der Waals surface area contributed by atoms with Gasteiger partial charge < -0.3 is 10.1 Å². The lowest BCUT2D eigenvalue weighted by Gasteiger charge is -2.14. The Morgan fingerprint density at radius 2 is 1.71 bits per heavy atom. The minimum atomic E-state index is -3.56. The quantitative estimate of drug-likeness (QED) is 0.605. The molecule has 2 aromatic rings. The Bertz CT molecular complexity index is 926. The Hall–Kier alpha value is -1.90. The number of amides is 1. The first kappa shape index (κ1) is 22.4. The van der Waals surface area contributed by atoms with E-state index in [1.54, 1.807) is 26.0 Å². The number of benzene rings is 2. The second-order valence-electron chi connectivity index (χ2n) is 6.97. The van der Waals surface area contributed by atoms with Gasteiger partial charge in [0.2, 0.25) is 10.0 Å². The highest BCUT2D eigenvalue weighted by atomic mass is 79.9. The maximum Gasteiger partial charge on any atom is 0.262 e. The molecule has 0 bridgehead atoms. The number of ether oxygens (including phenoxy) is 1. The highest BCUT2D eigenvalue weighted by Crippen LogP contribution is 2.29. The molecule has 0 aliphatic rings. The topological polar surface area (TPSA) is 84.5 Å². The van der Waals surface area contributed by atoms with Crippen LogP contribution in [0.2, 0.25) is 0 Å². The Morgan fingerprint density at radius 3 is 2.29 bits per heavy atom. The predicted molar refractivity (Wildman–Crippen MR) is 114 cm³/mol. The number of rotatable bonds is 8. The van der Waals surface area contributed by atoms with Gasteiger partial charge in [0.25, 0.3) is 5.91 Å². The summed E-state index contributed by atoms with van der Waals surface area (Å²) >= 11 is 3.44. The van der Waals surface area contributed by atoms with E-state index in [1.165, 1.54) is 12.1 Å². The van der Waals surface area contributed by atoms with Crippen LogP contribution in [0.1, 0.15) is 39.2 Å². The molecule has 0 aliphatic carbocycles. The van der Waals surface area contributed by atoms with Crippen LogP contribution in [0.25, 0.3) is 0 Å². The second-order valence-corrected chi connectivity index (χ2v) is 9.60. The SMILES string of the molecule is CC(C)NS(=O)(=O)c1ccc(NC(=O)COc2ccc(Br)cc2C(C)C)cc1. The Labute approximate surface area is 174 Å². The van der Waals surface area contributed by atoms with Crippen LogP contribution in [-0.2, 0) is 14.8 Å². The average molecular weight is 469 g/mol. The highest BCUT2D eigenvalue weighted by Gasteiger charge is 2.15. The number of carbonyl (C=O) groups excluding carboxylic acids is 1. The molecule has 2 aromatic carbocycles. The van der Waals surface area contributed by atoms with E-state index >= 15 is 0 Å². The number of hydrogen-bond donors (Lipinski definition) is 2. The third kappa shape index (κ3) is 6.32. The summed E-state index contributed by atoms with van der Waals surface area (Å²) in [5.41, 5.74) is 1.51. The minimum absolute atomic E-state index is 0.143. The van der Waals surface area contributed by atoms with E-state index < -0.39 is 10.0 Å². The summed E-state index contributed by atoms with van der Waals surface area (Å²) in [6, 6.07) is 11.5. The van der Waals surface area contributed by atoms with Crippen LogP contribution in [0, 0.1) is 0 Å². The van der Waals surface area contributed by atoms with Gasteiger partial charge in [-0.05, 0) is 67.8 Å². The lowest BCUT2D eigenvalue weighted by Crippen LogP contribution is -2.30. The number of hydrogen-bond acceptors (Lipinski definition) is 4. The Balaban J connectivity index is 1.99. The number of nitrogens with one attached hydrogen (secondary N) is 2. The lowest BCUT2D eigenvalue weighted by atomic mass is 10.0. The zero-order valence-electron chi connectivity index (χ0n) is 16.3. The fourth-order valence-corrected chi connectivity index (χ4v) is 4.17. The van der Waals surface area contributed by atoms with Gasteiger partial charge in [0.05, 0.1) is 4.90 Å². The van der Waals surface area contributed by atoms with Crippen molar-refractivity contribution in [1.82, 2.24) is 4.72 Å².